The number of aryl methyl sites for hydroxylation is 1. The van der Waals surface area contributed by atoms with E-state index in [9.17, 15) is 4.79 Å². The van der Waals surface area contributed by atoms with Crippen molar-refractivity contribution in [3.05, 3.63) is 64.8 Å². The first-order chi connectivity index (χ1) is 13.1. The first kappa shape index (κ1) is 18.1. The van der Waals surface area contributed by atoms with E-state index in [1.807, 2.05) is 29.2 Å². The number of urea groups is 1. The van der Waals surface area contributed by atoms with E-state index in [1.165, 1.54) is 16.5 Å². The van der Waals surface area contributed by atoms with Crippen molar-refractivity contribution in [2.24, 2.45) is 7.05 Å². The lowest BCUT2D eigenvalue weighted by Crippen LogP contribution is -2.49. The summed E-state index contributed by atoms with van der Waals surface area (Å²) in [7, 11) is 2.09. The topological polar surface area (TPSA) is 40.5 Å². The molecule has 140 valence electrons. The Morgan fingerprint density at radius 1 is 1.04 bits per heavy atom. The monoisotopic (exact) mass is 426 g/mol. The summed E-state index contributed by atoms with van der Waals surface area (Å²) in [5.74, 6) is 0. The van der Waals surface area contributed by atoms with Gasteiger partial charge in [0.25, 0.3) is 0 Å². The molecule has 1 fully saturated rings. The molecule has 6 heteroatoms. The number of para-hydroxylation sites is 2. The van der Waals surface area contributed by atoms with Crippen molar-refractivity contribution in [3.8, 4) is 0 Å². The minimum Gasteiger partial charge on any atom is -0.350 e. The number of benzene rings is 2. The Hall–Kier alpha value is -2.31. The zero-order valence-electron chi connectivity index (χ0n) is 15.4. The van der Waals surface area contributed by atoms with Gasteiger partial charge in [-0.15, -0.1) is 0 Å². The molecule has 0 saturated carbocycles. The van der Waals surface area contributed by atoms with Gasteiger partial charge in [-0.1, -0.05) is 30.3 Å². The van der Waals surface area contributed by atoms with Crippen molar-refractivity contribution in [1.29, 1.82) is 0 Å². The summed E-state index contributed by atoms with van der Waals surface area (Å²) < 4.78 is 3.08. The van der Waals surface area contributed by atoms with Crippen molar-refractivity contribution < 1.29 is 4.79 Å². The number of hydrogen-bond donors (Lipinski definition) is 1. The number of anilines is 1. The molecule has 0 atom stereocenters. The Balaban J connectivity index is 1.36. The Morgan fingerprint density at radius 2 is 1.74 bits per heavy atom. The second-order valence-electron chi connectivity index (χ2n) is 6.96. The highest BCUT2D eigenvalue weighted by atomic mass is 79.9. The summed E-state index contributed by atoms with van der Waals surface area (Å²) in [5.41, 5.74) is 3.42. The van der Waals surface area contributed by atoms with Crippen molar-refractivity contribution in [3.63, 3.8) is 0 Å². The average Bonchev–Trinajstić information content (AvgIpc) is 3.00. The number of halogens is 1. The zero-order chi connectivity index (χ0) is 18.8. The molecule has 2 aromatic carbocycles. The summed E-state index contributed by atoms with van der Waals surface area (Å²) in [6.07, 6.45) is 2.22. The van der Waals surface area contributed by atoms with Gasteiger partial charge in [-0.25, -0.2) is 4.79 Å². The number of fused-ring (bicyclic) bond motifs is 1. The molecule has 1 saturated heterocycles. The maximum Gasteiger partial charge on any atom is 0.321 e. The van der Waals surface area contributed by atoms with Crippen molar-refractivity contribution in [1.82, 2.24) is 14.4 Å². The van der Waals surface area contributed by atoms with E-state index in [4.69, 9.17) is 0 Å². The van der Waals surface area contributed by atoms with Crippen LogP contribution in [0, 0.1) is 0 Å². The van der Waals surface area contributed by atoms with Gasteiger partial charge in [-0.3, -0.25) is 4.90 Å². The fourth-order valence-corrected chi connectivity index (χ4v) is 4.04. The molecule has 1 aliphatic heterocycles. The van der Waals surface area contributed by atoms with Crippen LogP contribution in [-0.4, -0.2) is 46.6 Å². The molecule has 2 amide bonds. The third-order valence-electron chi connectivity index (χ3n) is 5.15. The van der Waals surface area contributed by atoms with Gasteiger partial charge < -0.3 is 14.8 Å². The summed E-state index contributed by atoms with van der Waals surface area (Å²) in [5, 5.41) is 4.30. The molecule has 1 aliphatic rings. The molecular formula is C21H23BrN4O. The highest BCUT2D eigenvalue weighted by Crippen LogP contribution is 2.23. The standard InChI is InChI=1S/C21H23BrN4O/c1-24-14-16(17-6-2-5-9-20(17)24)15-25-10-12-26(13-11-25)21(27)23-19-8-4-3-7-18(19)22/h2-9,14H,10-13,15H2,1H3,(H,23,27). The molecule has 5 nitrogen and oxygen atoms in total. The van der Waals surface area contributed by atoms with Gasteiger partial charge >= 0.3 is 6.03 Å². The molecule has 0 aliphatic carbocycles. The molecule has 2 heterocycles. The highest BCUT2D eigenvalue weighted by Gasteiger charge is 2.22. The Morgan fingerprint density at radius 3 is 2.52 bits per heavy atom. The van der Waals surface area contributed by atoms with Crippen LogP contribution in [0.3, 0.4) is 0 Å². The van der Waals surface area contributed by atoms with Crippen molar-refractivity contribution >= 4 is 38.6 Å². The van der Waals surface area contributed by atoms with Crippen LogP contribution in [0.25, 0.3) is 10.9 Å². The molecule has 0 spiro atoms. The third-order valence-corrected chi connectivity index (χ3v) is 5.84. The summed E-state index contributed by atoms with van der Waals surface area (Å²) in [4.78, 5) is 16.8. The number of rotatable bonds is 3. The first-order valence-corrected chi connectivity index (χ1v) is 9.97. The van der Waals surface area contributed by atoms with Crippen LogP contribution in [0.2, 0.25) is 0 Å². The number of nitrogens with zero attached hydrogens (tertiary/aromatic N) is 3. The van der Waals surface area contributed by atoms with Gasteiger partial charge in [-0.2, -0.15) is 0 Å². The van der Waals surface area contributed by atoms with Gasteiger partial charge in [0.1, 0.15) is 0 Å². The largest absolute Gasteiger partial charge is 0.350 e. The van der Waals surface area contributed by atoms with E-state index >= 15 is 0 Å². The van der Waals surface area contributed by atoms with Crippen LogP contribution in [0.15, 0.2) is 59.2 Å². The maximum atomic E-state index is 12.5. The minimum atomic E-state index is -0.0355. The molecule has 0 unspecified atom stereocenters. The Labute approximate surface area is 167 Å². The molecular weight excluding hydrogens is 404 g/mol. The van der Waals surface area contributed by atoms with Crippen LogP contribution in [0.1, 0.15) is 5.56 Å². The molecule has 4 rings (SSSR count). The fraction of sp³-hybridized carbons (Fsp3) is 0.286. The normalized spacial score (nSPS) is 15.3. The summed E-state index contributed by atoms with van der Waals surface area (Å²) >= 11 is 3.47. The van der Waals surface area contributed by atoms with Crippen LogP contribution in [0.5, 0.6) is 0 Å². The fourth-order valence-electron chi connectivity index (χ4n) is 3.66. The quantitative estimate of drug-likeness (QED) is 0.678. The molecule has 1 N–H and O–H groups in total. The van der Waals surface area contributed by atoms with E-state index in [0.717, 1.165) is 42.9 Å². The average molecular weight is 427 g/mol. The maximum absolute atomic E-state index is 12.5. The number of carbonyl (C=O) groups excluding carboxylic acids is 1. The molecule has 0 radical (unpaired) electrons. The number of aromatic nitrogens is 1. The minimum absolute atomic E-state index is 0.0355. The van der Waals surface area contributed by atoms with Gasteiger partial charge in [0.15, 0.2) is 0 Å². The number of nitrogens with one attached hydrogen (secondary N) is 1. The van der Waals surface area contributed by atoms with E-state index in [1.54, 1.807) is 0 Å². The molecule has 3 aromatic rings. The van der Waals surface area contributed by atoms with Crippen LogP contribution in [0.4, 0.5) is 10.5 Å². The van der Waals surface area contributed by atoms with Crippen LogP contribution < -0.4 is 5.32 Å². The number of amides is 2. The van der Waals surface area contributed by atoms with Crippen molar-refractivity contribution in [2.45, 2.75) is 6.54 Å². The van der Waals surface area contributed by atoms with E-state index in [-0.39, 0.29) is 6.03 Å². The lowest BCUT2D eigenvalue weighted by Gasteiger charge is -2.34. The first-order valence-electron chi connectivity index (χ1n) is 9.17. The van der Waals surface area contributed by atoms with Crippen LogP contribution in [-0.2, 0) is 13.6 Å². The zero-order valence-corrected chi connectivity index (χ0v) is 16.9. The van der Waals surface area contributed by atoms with Crippen LogP contribution >= 0.6 is 15.9 Å². The number of carbonyl (C=O) groups is 1. The van der Waals surface area contributed by atoms with E-state index < -0.39 is 0 Å². The summed E-state index contributed by atoms with van der Waals surface area (Å²) in [6, 6.07) is 16.2. The van der Waals surface area contributed by atoms with E-state index in [2.05, 4.69) is 68.2 Å². The highest BCUT2D eigenvalue weighted by molar-refractivity contribution is 9.10. The Kier molecular flexibility index (Phi) is 5.18. The van der Waals surface area contributed by atoms with E-state index in [0.29, 0.717) is 0 Å². The SMILES string of the molecule is Cn1cc(CN2CCN(C(=O)Nc3ccccc3Br)CC2)c2ccccc21. The second-order valence-corrected chi connectivity index (χ2v) is 7.81. The lowest BCUT2D eigenvalue weighted by molar-refractivity contribution is 0.143. The second kappa shape index (κ2) is 7.74. The predicted octanol–water partition coefficient (Wildman–Crippen LogP) is 4.29. The molecule has 0 bridgehead atoms. The molecule has 1 aromatic heterocycles. The Bertz CT molecular complexity index is 960. The summed E-state index contributed by atoms with van der Waals surface area (Å²) in [6.45, 7) is 4.16. The number of piperazine rings is 1. The number of hydrogen-bond acceptors (Lipinski definition) is 2. The van der Waals surface area contributed by atoms with Gasteiger partial charge in [-0.05, 0) is 39.7 Å². The van der Waals surface area contributed by atoms with Gasteiger partial charge in [0.05, 0.1) is 5.69 Å². The third kappa shape index (κ3) is 3.87. The smallest absolute Gasteiger partial charge is 0.321 e. The lowest BCUT2D eigenvalue weighted by atomic mass is 10.1. The van der Waals surface area contributed by atoms with Crippen molar-refractivity contribution in [2.75, 3.05) is 31.5 Å². The predicted molar refractivity (Wildman–Crippen MR) is 113 cm³/mol. The van der Waals surface area contributed by atoms with Gasteiger partial charge in [0.2, 0.25) is 0 Å². The van der Waals surface area contributed by atoms with Gasteiger partial charge in [0, 0.05) is 61.3 Å². The molecule has 27 heavy (non-hydrogen) atoms.